The smallest absolute Gasteiger partial charge is 0.275 e. The van der Waals surface area contributed by atoms with Crippen LogP contribution in [0.15, 0.2) is 41.8 Å². The minimum absolute atomic E-state index is 0.238. The van der Waals surface area contributed by atoms with Crippen molar-refractivity contribution in [2.45, 2.75) is 13.8 Å². The van der Waals surface area contributed by atoms with Gasteiger partial charge in [0.1, 0.15) is 17.2 Å². The minimum atomic E-state index is -0.238. The molecule has 7 heteroatoms. The van der Waals surface area contributed by atoms with E-state index in [4.69, 9.17) is 9.47 Å². The highest BCUT2D eigenvalue weighted by Crippen LogP contribution is 2.32. The SMILES string of the molecule is COc1ccc(Nc2nc(C(=O)Nc3c(C)cccc3C)cs2)c(OC)c1. The van der Waals surface area contributed by atoms with Gasteiger partial charge in [-0.2, -0.15) is 0 Å². The van der Waals surface area contributed by atoms with E-state index >= 15 is 0 Å². The fraction of sp³-hybridized carbons (Fsp3) is 0.200. The number of thiazole rings is 1. The number of rotatable bonds is 6. The molecule has 2 N–H and O–H groups in total. The molecule has 140 valence electrons. The summed E-state index contributed by atoms with van der Waals surface area (Å²) in [5, 5.41) is 8.45. The average Bonchev–Trinajstić information content (AvgIpc) is 3.13. The predicted octanol–water partition coefficient (Wildman–Crippen LogP) is 4.77. The molecule has 3 rings (SSSR count). The third kappa shape index (κ3) is 4.20. The topological polar surface area (TPSA) is 72.5 Å². The quantitative estimate of drug-likeness (QED) is 0.641. The molecule has 1 amide bonds. The Morgan fingerprint density at radius 2 is 1.81 bits per heavy atom. The zero-order valence-electron chi connectivity index (χ0n) is 15.6. The fourth-order valence-corrected chi connectivity index (χ4v) is 3.34. The van der Waals surface area contributed by atoms with Crippen molar-refractivity contribution in [1.29, 1.82) is 0 Å². The highest BCUT2D eigenvalue weighted by atomic mass is 32.1. The van der Waals surface area contributed by atoms with Gasteiger partial charge in [0, 0.05) is 17.1 Å². The molecule has 0 spiro atoms. The van der Waals surface area contributed by atoms with E-state index in [9.17, 15) is 4.79 Å². The van der Waals surface area contributed by atoms with Crippen molar-refractivity contribution < 1.29 is 14.3 Å². The Bertz CT molecular complexity index is 949. The van der Waals surface area contributed by atoms with Crippen LogP contribution in [-0.2, 0) is 0 Å². The second kappa shape index (κ2) is 8.09. The molecule has 0 aliphatic carbocycles. The van der Waals surface area contributed by atoms with Gasteiger partial charge < -0.3 is 20.1 Å². The number of carbonyl (C=O) groups excluding carboxylic acids is 1. The van der Waals surface area contributed by atoms with Crippen molar-refractivity contribution in [3.8, 4) is 11.5 Å². The van der Waals surface area contributed by atoms with Gasteiger partial charge in [-0.1, -0.05) is 18.2 Å². The first kappa shape index (κ1) is 18.7. The molecule has 0 bridgehead atoms. The van der Waals surface area contributed by atoms with Gasteiger partial charge in [-0.15, -0.1) is 11.3 Å². The van der Waals surface area contributed by atoms with Crippen LogP contribution in [0.1, 0.15) is 21.6 Å². The molecule has 6 nitrogen and oxygen atoms in total. The molecule has 0 atom stereocenters. The van der Waals surface area contributed by atoms with Crippen molar-refractivity contribution in [3.05, 3.63) is 58.6 Å². The summed E-state index contributed by atoms with van der Waals surface area (Å²) in [5.41, 5.74) is 3.95. The van der Waals surface area contributed by atoms with Gasteiger partial charge in [-0.3, -0.25) is 4.79 Å². The van der Waals surface area contributed by atoms with E-state index in [1.807, 2.05) is 44.2 Å². The Hall–Kier alpha value is -3.06. The number of hydrogen-bond acceptors (Lipinski definition) is 6. The normalized spacial score (nSPS) is 10.4. The number of nitrogens with zero attached hydrogens (tertiary/aromatic N) is 1. The standard InChI is InChI=1S/C20H21N3O3S/c1-12-6-5-7-13(2)18(12)23-19(24)16-11-27-20(22-16)21-15-9-8-14(25-3)10-17(15)26-4/h5-11H,1-4H3,(H,21,22)(H,23,24). The van der Waals surface area contributed by atoms with Crippen LogP contribution in [0.4, 0.5) is 16.5 Å². The number of methoxy groups -OCH3 is 2. The number of aryl methyl sites for hydroxylation is 2. The monoisotopic (exact) mass is 383 g/mol. The van der Waals surface area contributed by atoms with Crippen LogP contribution >= 0.6 is 11.3 Å². The first-order valence-electron chi connectivity index (χ1n) is 8.34. The predicted molar refractivity (Wildman–Crippen MR) is 109 cm³/mol. The molecule has 0 fully saturated rings. The molecule has 3 aromatic rings. The molecular formula is C20H21N3O3S. The van der Waals surface area contributed by atoms with E-state index in [1.54, 1.807) is 25.7 Å². The zero-order chi connectivity index (χ0) is 19.4. The summed E-state index contributed by atoms with van der Waals surface area (Å²) in [4.78, 5) is 16.9. The molecular weight excluding hydrogens is 362 g/mol. The van der Waals surface area contributed by atoms with Gasteiger partial charge in [0.15, 0.2) is 5.13 Å². The molecule has 27 heavy (non-hydrogen) atoms. The van der Waals surface area contributed by atoms with Crippen LogP contribution in [0.25, 0.3) is 0 Å². The molecule has 0 radical (unpaired) electrons. The number of amides is 1. The lowest BCUT2D eigenvalue weighted by atomic mass is 10.1. The van der Waals surface area contributed by atoms with E-state index in [0.717, 1.165) is 22.5 Å². The van der Waals surface area contributed by atoms with Crippen molar-refractivity contribution in [1.82, 2.24) is 4.98 Å². The van der Waals surface area contributed by atoms with Crippen LogP contribution in [0, 0.1) is 13.8 Å². The van der Waals surface area contributed by atoms with Crippen LogP contribution in [-0.4, -0.2) is 25.1 Å². The Morgan fingerprint density at radius 1 is 1.07 bits per heavy atom. The maximum Gasteiger partial charge on any atom is 0.275 e. The largest absolute Gasteiger partial charge is 0.497 e. The van der Waals surface area contributed by atoms with E-state index in [1.165, 1.54) is 11.3 Å². The van der Waals surface area contributed by atoms with Gasteiger partial charge >= 0.3 is 0 Å². The summed E-state index contributed by atoms with van der Waals surface area (Å²) >= 11 is 1.35. The molecule has 0 saturated carbocycles. The third-order valence-electron chi connectivity index (χ3n) is 4.11. The zero-order valence-corrected chi connectivity index (χ0v) is 16.4. The molecule has 0 saturated heterocycles. The molecule has 1 aromatic heterocycles. The van der Waals surface area contributed by atoms with Crippen LogP contribution < -0.4 is 20.1 Å². The van der Waals surface area contributed by atoms with Crippen molar-refractivity contribution in [2.24, 2.45) is 0 Å². The number of carbonyl (C=O) groups is 1. The molecule has 2 aromatic carbocycles. The number of nitrogens with one attached hydrogen (secondary N) is 2. The second-order valence-corrected chi connectivity index (χ2v) is 6.81. The Balaban J connectivity index is 1.76. The van der Waals surface area contributed by atoms with E-state index in [-0.39, 0.29) is 5.91 Å². The Labute approximate surface area is 162 Å². The van der Waals surface area contributed by atoms with Crippen LogP contribution in [0.5, 0.6) is 11.5 Å². The second-order valence-electron chi connectivity index (χ2n) is 5.95. The highest BCUT2D eigenvalue weighted by Gasteiger charge is 2.14. The number of hydrogen-bond donors (Lipinski definition) is 2. The summed E-state index contributed by atoms with van der Waals surface area (Å²) in [6, 6.07) is 11.3. The average molecular weight is 383 g/mol. The number of benzene rings is 2. The van der Waals surface area contributed by atoms with Gasteiger partial charge in [-0.05, 0) is 37.1 Å². The van der Waals surface area contributed by atoms with Crippen molar-refractivity contribution >= 4 is 33.8 Å². The number of anilines is 3. The minimum Gasteiger partial charge on any atom is -0.497 e. The maximum atomic E-state index is 12.6. The lowest BCUT2D eigenvalue weighted by molar-refractivity contribution is 0.102. The summed E-state index contributed by atoms with van der Waals surface area (Å²) < 4.78 is 10.6. The number of aromatic nitrogens is 1. The van der Waals surface area contributed by atoms with E-state index in [0.29, 0.717) is 22.3 Å². The van der Waals surface area contributed by atoms with Crippen molar-refractivity contribution in [2.75, 3.05) is 24.9 Å². The van der Waals surface area contributed by atoms with Crippen LogP contribution in [0.3, 0.4) is 0 Å². The number of ether oxygens (including phenoxy) is 2. The first-order chi connectivity index (χ1) is 13.0. The fourth-order valence-electron chi connectivity index (χ4n) is 2.64. The van der Waals surface area contributed by atoms with Crippen molar-refractivity contribution in [3.63, 3.8) is 0 Å². The van der Waals surface area contributed by atoms with E-state index in [2.05, 4.69) is 15.6 Å². The van der Waals surface area contributed by atoms with Gasteiger partial charge in [0.25, 0.3) is 5.91 Å². The molecule has 1 heterocycles. The maximum absolute atomic E-state index is 12.6. The Morgan fingerprint density at radius 3 is 2.48 bits per heavy atom. The first-order valence-corrected chi connectivity index (χ1v) is 9.22. The summed E-state index contributed by atoms with van der Waals surface area (Å²) in [7, 11) is 3.19. The van der Waals surface area contributed by atoms with Gasteiger partial charge in [0.05, 0.1) is 19.9 Å². The molecule has 0 aliphatic rings. The summed E-state index contributed by atoms with van der Waals surface area (Å²) in [6.07, 6.45) is 0. The lowest BCUT2D eigenvalue weighted by Gasteiger charge is -2.11. The molecule has 0 unspecified atom stereocenters. The van der Waals surface area contributed by atoms with Gasteiger partial charge in [0.2, 0.25) is 0 Å². The lowest BCUT2D eigenvalue weighted by Crippen LogP contribution is -2.14. The third-order valence-corrected chi connectivity index (χ3v) is 4.86. The summed E-state index contributed by atoms with van der Waals surface area (Å²) in [5.74, 6) is 1.09. The molecule has 0 aliphatic heterocycles. The summed E-state index contributed by atoms with van der Waals surface area (Å²) in [6.45, 7) is 3.93. The van der Waals surface area contributed by atoms with E-state index < -0.39 is 0 Å². The van der Waals surface area contributed by atoms with Crippen LogP contribution in [0.2, 0.25) is 0 Å². The Kier molecular flexibility index (Phi) is 5.61. The van der Waals surface area contributed by atoms with Gasteiger partial charge in [-0.25, -0.2) is 4.98 Å². The highest BCUT2D eigenvalue weighted by molar-refractivity contribution is 7.14. The number of para-hydroxylation sites is 1.